The van der Waals surface area contributed by atoms with Crippen LogP contribution in [0, 0.1) is 0 Å². The van der Waals surface area contributed by atoms with Crippen molar-refractivity contribution < 1.29 is 14.6 Å². The Bertz CT molecular complexity index is 196. The number of carbonyl (C=O) groups is 1. The maximum absolute atomic E-state index is 10.6. The van der Waals surface area contributed by atoms with E-state index in [1.807, 2.05) is 0 Å². The molecule has 4 nitrogen and oxygen atoms in total. The third kappa shape index (κ3) is 3.27. The molecule has 0 spiro atoms. The molecule has 1 fully saturated rings. The van der Waals surface area contributed by atoms with Gasteiger partial charge in [0.05, 0.1) is 6.10 Å². The Morgan fingerprint density at radius 1 is 1.57 bits per heavy atom. The monoisotopic (exact) mass is 201 g/mol. The molecule has 14 heavy (non-hydrogen) atoms. The van der Waals surface area contributed by atoms with Gasteiger partial charge in [0.15, 0.2) is 0 Å². The maximum Gasteiger partial charge on any atom is 0.320 e. The van der Waals surface area contributed by atoms with E-state index in [4.69, 9.17) is 9.84 Å². The van der Waals surface area contributed by atoms with E-state index in [2.05, 4.69) is 5.32 Å². The minimum absolute atomic E-state index is 0.291. The topological polar surface area (TPSA) is 58.6 Å². The fraction of sp³-hybridized carbons (Fsp3) is 0.900. The highest BCUT2D eigenvalue weighted by Crippen LogP contribution is 2.20. The van der Waals surface area contributed by atoms with Crippen LogP contribution in [-0.2, 0) is 9.53 Å². The van der Waals surface area contributed by atoms with Gasteiger partial charge in [-0.15, -0.1) is 0 Å². The molecule has 0 amide bonds. The number of carboxylic acids is 1. The molecule has 0 aromatic heterocycles. The van der Waals surface area contributed by atoms with Crippen LogP contribution in [0.25, 0.3) is 0 Å². The Morgan fingerprint density at radius 3 is 2.86 bits per heavy atom. The fourth-order valence-electron chi connectivity index (χ4n) is 1.94. The Balaban J connectivity index is 2.33. The molecule has 1 aliphatic carbocycles. The Kier molecular flexibility index (Phi) is 4.35. The number of methoxy groups -OCH3 is 1. The molecule has 0 aromatic carbocycles. The zero-order valence-corrected chi connectivity index (χ0v) is 8.82. The van der Waals surface area contributed by atoms with Crippen LogP contribution >= 0.6 is 0 Å². The molecule has 0 radical (unpaired) electrons. The lowest BCUT2D eigenvalue weighted by atomic mass is 9.92. The number of nitrogens with one attached hydrogen (secondary N) is 1. The first-order valence-corrected chi connectivity index (χ1v) is 5.15. The summed E-state index contributed by atoms with van der Waals surface area (Å²) in [5.74, 6) is -0.787. The molecule has 1 saturated carbocycles. The van der Waals surface area contributed by atoms with Gasteiger partial charge in [0.1, 0.15) is 6.04 Å². The van der Waals surface area contributed by atoms with Crippen LogP contribution in [0.1, 0.15) is 32.6 Å². The molecule has 0 saturated heterocycles. The maximum atomic E-state index is 10.6. The van der Waals surface area contributed by atoms with Gasteiger partial charge in [0, 0.05) is 13.2 Å². The lowest BCUT2D eigenvalue weighted by molar-refractivity contribution is -0.139. The van der Waals surface area contributed by atoms with Gasteiger partial charge in [-0.1, -0.05) is 0 Å². The van der Waals surface area contributed by atoms with Crippen molar-refractivity contribution in [3.05, 3.63) is 0 Å². The molecular weight excluding hydrogens is 182 g/mol. The van der Waals surface area contributed by atoms with Gasteiger partial charge < -0.3 is 15.2 Å². The highest BCUT2D eigenvalue weighted by atomic mass is 16.5. The zero-order chi connectivity index (χ0) is 10.6. The summed E-state index contributed by atoms with van der Waals surface area (Å²) in [6.07, 6.45) is 4.48. The minimum Gasteiger partial charge on any atom is -0.480 e. The van der Waals surface area contributed by atoms with Crippen molar-refractivity contribution in [2.24, 2.45) is 0 Å². The predicted octanol–water partition coefficient (Wildman–Crippen LogP) is 1.01. The second kappa shape index (κ2) is 5.32. The van der Waals surface area contributed by atoms with Crippen LogP contribution in [-0.4, -0.2) is 36.4 Å². The quantitative estimate of drug-likeness (QED) is 0.712. The number of ether oxygens (including phenoxy) is 1. The molecule has 1 aliphatic rings. The number of hydrogen-bond donors (Lipinski definition) is 2. The normalized spacial score (nSPS) is 29.9. The lowest BCUT2D eigenvalue weighted by Gasteiger charge is -2.30. The molecule has 0 bridgehead atoms. The smallest absolute Gasteiger partial charge is 0.320 e. The molecule has 0 aliphatic heterocycles. The predicted molar refractivity (Wildman–Crippen MR) is 53.3 cm³/mol. The first kappa shape index (κ1) is 11.5. The zero-order valence-electron chi connectivity index (χ0n) is 8.82. The van der Waals surface area contributed by atoms with E-state index >= 15 is 0 Å². The number of hydrogen-bond acceptors (Lipinski definition) is 3. The first-order valence-electron chi connectivity index (χ1n) is 5.15. The summed E-state index contributed by atoms with van der Waals surface area (Å²) in [4.78, 5) is 10.6. The summed E-state index contributed by atoms with van der Waals surface area (Å²) in [7, 11) is 1.72. The van der Waals surface area contributed by atoms with Crippen LogP contribution in [0.2, 0.25) is 0 Å². The summed E-state index contributed by atoms with van der Waals surface area (Å²) in [6.45, 7) is 1.68. The summed E-state index contributed by atoms with van der Waals surface area (Å²) in [6, 6.07) is -0.171. The van der Waals surface area contributed by atoms with Gasteiger partial charge in [-0.25, -0.2) is 0 Å². The van der Waals surface area contributed by atoms with Crippen molar-refractivity contribution in [1.29, 1.82) is 0 Å². The van der Waals surface area contributed by atoms with Gasteiger partial charge in [0.25, 0.3) is 0 Å². The second-order valence-electron chi connectivity index (χ2n) is 3.95. The minimum atomic E-state index is -0.787. The SMILES string of the molecule is COC1CCCC(NC(C)C(=O)O)C1. The number of rotatable bonds is 4. The van der Waals surface area contributed by atoms with E-state index < -0.39 is 12.0 Å². The van der Waals surface area contributed by atoms with Crippen LogP contribution in [0.5, 0.6) is 0 Å². The molecule has 82 valence electrons. The van der Waals surface area contributed by atoms with Crippen molar-refractivity contribution in [3.63, 3.8) is 0 Å². The molecule has 3 unspecified atom stereocenters. The van der Waals surface area contributed by atoms with E-state index in [1.165, 1.54) is 0 Å². The number of aliphatic carboxylic acids is 1. The van der Waals surface area contributed by atoms with Gasteiger partial charge in [-0.05, 0) is 32.6 Å². The molecule has 0 aromatic rings. The number of carboxylic acid groups (broad SMARTS) is 1. The van der Waals surface area contributed by atoms with Crippen LogP contribution in [0.4, 0.5) is 0 Å². The average Bonchev–Trinajstić information content (AvgIpc) is 2.18. The van der Waals surface area contributed by atoms with Gasteiger partial charge >= 0.3 is 5.97 Å². The Morgan fingerprint density at radius 2 is 2.29 bits per heavy atom. The van der Waals surface area contributed by atoms with E-state index in [9.17, 15) is 4.79 Å². The summed E-state index contributed by atoms with van der Waals surface area (Å²) in [5, 5.41) is 11.8. The summed E-state index contributed by atoms with van der Waals surface area (Å²) < 4.78 is 5.28. The molecule has 1 rings (SSSR count). The van der Waals surface area contributed by atoms with Gasteiger partial charge in [-0.3, -0.25) is 4.79 Å². The van der Waals surface area contributed by atoms with E-state index in [0.29, 0.717) is 12.1 Å². The summed E-state index contributed by atoms with van der Waals surface area (Å²) >= 11 is 0. The van der Waals surface area contributed by atoms with Crippen LogP contribution in [0.15, 0.2) is 0 Å². The van der Waals surface area contributed by atoms with Gasteiger partial charge in [-0.2, -0.15) is 0 Å². The van der Waals surface area contributed by atoms with E-state index in [1.54, 1.807) is 14.0 Å². The van der Waals surface area contributed by atoms with E-state index in [-0.39, 0.29) is 0 Å². The Labute approximate surface area is 84.6 Å². The average molecular weight is 201 g/mol. The Hall–Kier alpha value is -0.610. The molecule has 0 heterocycles. The first-order chi connectivity index (χ1) is 6.63. The fourth-order valence-corrected chi connectivity index (χ4v) is 1.94. The van der Waals surface area contributed by atoms with Crippen molar-refractivity contribution in [3.8, 4) is 0 Å². The van der Waals surface area contributed by atoms with Crippen molar-refractivity contribution in [2.75, 3.05) is 7.11 Å². The third-order valence-electron chi connectivity index (χ3n) is 2.82. The van der Waals surface area contributed by atoms with Crippen molar-refractivity contribution in [2.45, 2.75) is 50.8 Å². The van der Waals surface area contributed by atoms with Crippen molar-refractivity contribution >= 4 is 5.97 Å². The summed E-state index contributed by atoms with van der Waals surface area (Å²) in [5.41, 5.74) is 0. The highest BCUT2D eigenvalue weighted by Gasteiger charge is 2.24. The lowest BCUT2D eigenvalue weighted by Crippen LogP contribution is -2.44. The highest BCUT2D eigenvalue weighted by molar-refractivity contribution is 5.72. The van der Waals surface area contributed by atoms with E-state index in [0.717, 1.165) is 25.7 Å². The van der Waals surface area contributed by atoms with Crippen LogP contribution in [0.3, 0.4) is 0 Å². The largest absolute Gasteiger partial charge is 0.480 e. The second-order valence-corrected chi connectivity index (χ2v) is 3.95. The van der Waals surface area contributed by atoms with Crippen LogP contribution < -0.4 is 5.32 Å². The molecule has 3 atom stereocenters. The molecule has 4 heteroatoms. The molecular formula is C10H19NO3. The standard InChI is InChI=1S/C10H19NO3/c1-7(10(12)13)11-8-4-3-5-9(6-8)14-2/h7-9,11H,3-6H2,1-2H3,(H,12,13). The molecule has 2 N–H and O–H groups in total. The third-order valence-corrected chi connectivity index (χ3v) is 2.82. The van der Waals surface area contributed by atoms with Crippen molar-refractivity contribution in [1.82, 2.24) is 5.32 Å². The van der Waals surface area contributed by atoms with Gasteiger partial charge in [0.2, 0.25) is 0 Å².